The maximum atomic E-state index is 4.69. The molecule has 5 nitrogen and oxygen atoms in total. The van der Waals surface area contributed by atoms with Crippen molar-refractivity contribution < 1.29 is 4.63 Å². The molecule has 1 aliphatic heterocycles. The van der Waals surface area contributed by atoms with E-state index < -0.39 is 0 Å². The third-order valence-electron chi connectivity index (χ3n) is 2.20. The second-order valence-corrected chi connectivity index (χ2v) is 3.01. The molecule has 3 heterocycles. The molecule has 0 amide bonds. The van der Waals surface area contributed by atoms with Crippen LogP contribution in [0.25, 0.3) is 5.82 Å². The Morgan fingerprint density at radius 1 is 1.38 bits per heavy atom. The van der Waals surface area contributed by atoms with Gasteiger partial charge in [-0.05, 0) is 17.3 Å². The van der Waals surface area contributed by atoms with Gasteiger partial charge in [-0.1, -0.05) is 5.16 Å². The quantitative estimate of drug-likeness (QED) is 0.633. The lowest BCUT2D eigenvalue weighted by Gasteiger charge is -1.99. The Bertz CT molecular complexity index is 391. The van der Waals surface area contributed by atoms with Crippen LogP contribution in [0.3, 0.4) is 0 Å². The normalized spacial score (nSPS) is 14.8. The number of fused-ring (bicyclic) bond motifs is 3. The van der Waals surface area contributed by atoms with Gasteiger partial charge in [-0.25, -0.2) is 4.63 Å². The first-order valence-corrected chi connectivity index (χ1v) is 4.14. The molecule has 5 heteroatoms. The standard InChI is InChI=1S/C8H8N4O/c1-2-6-4-9-5-7-8(11-13-10-7)12(6)3-1/h1-3,9H,4-5H2. The first kappa shape index (κ1) is 6.85. The maximum absolute atomic E-state index is 4.69. The zero-order chi connectivity index (χ0) is 8.67. The Morgan fingerprint density at radius 3 is 3.38 bits per heavy atom. The molecule has 0 saturated heterocycles. The van der Waals surface area contributed by atoms with Crippen LogP contribution in [0.15, 0.2) is 23.0 Å². The summed E-state index contributed by atoms with van der Waals surface area (Å²) in [6, 6.07) is 4.04. The van der Waals surface area contributed by atoms with E-state index in [9.17, 15) is 0 Å². The lowest BCUT2D eigenvalue weighted by atomic mass is 10.4. The molecule has 0 atom stereocenters. The molecule has 2 aromatic heterocycles. The summed E-state index contributed by atoms with van der Waals surface area (Å²) in [5, 5.41) is 10.9. The topological polar surface area (TPSA) is 55.9 Å². The van der Waals surface area contributed by atoms with E-state index in [1.54, 1.807) is 0 Å². The molecule has 13 heavy (non-hydrogen) atoms. The average molecular weight is 176 g/mol. The highest BCUT2D eigenvalue weighted by atomic mass is 16.6. The van der Waals surface area contributed by atoms with Crippen molar-refractivity contribution in [2.75, 3.05) is 0 Å². The van der Waals surface area contributed by atoms with Crippen LogP contribution in [-0.2, 0) is 13.1 Å². The summed E-state index contributed by atoms with van der Waals surface area (Å²) in [7, 11) is 0. The molecular formula is C8H8N4O. The zero-order valence-corrected chi connectivity index (χ0v) is 6.90. The lowest BCUT2D eigenvalue weighted by molar-refractivity contribution is 0.300. The first-order valence-electron chi connectivity index (χ1n) is 4.14. The van der Waals surface area contributed by atoms with E-state index in [1.807, 2.05) is 16.8 Å². The first-order chi connectivity index (χ1) is 6.45. The predicted octanol–water partition coefficient (Wildman–Crippen LogP) is 0.463. The van der Waals surface area contributed by atoms with Crippen LogP contribution in [0.4, 0.5) is 0 Å². The van der Waals surface area contributed by atoms with Crippen molar-refractivity contribution in [3.63, 3.8) is 0 Å². The van der Waals surface area contributed by atoms with Gasteiger partial charge < -0.3 is 5.32 Å². The van der Waals surface area contributed by atoms with Crippen molar-refractivity contribution >= 4 is 0 Å². The summed E-state index contributed by atoms with van der Waals surface area (Å²) in [6.07, 6.45) is 1.96. The van der Waals surface area contributed by atoms with Gasteiger partial charge in [0.05, 0.1) is 0 Å². The zero-order valence-electron chi connectivity index (χ0n) is 6.90. The molecule has 3 rings (SSSR count). The second-order valence-electron chi connectivity index (χ2n) is 3.01. The van der Waals surface area contributed by atoms with Gasteiger partial charge in [0.2, 0.25) is 5.82 Å². The van der Waals surface area contributed by atoms with Gasteiger partial charge in [0, 0.05) is 25.0 Å². The number of nitrogens with zero attached hydrogens (tertiary/aromatic N) is 3. The Kier molecular flexibility index (Phi) is 1.28. The molecule has 1 N–H and O–H groups in total. The number of hydrogen-bond donors (Lipinski definition) is 1. The van der Waals surface area contributed by atoms with Crippen molar-refractivity contribution in [1.82, 2.24) is 20.2 Å². The Hall–Kier alpha value is -1.62. The summed E-state index contributed by atoms with van der Waals surface area (Å²) in [5.41, 5.74) is 2.03. The Labute approximate surface area is 74.3 Å². The molecule has 0 radical (unpaired) electrons. The molecule has 0 bridgehead atoms. The number of nitrogens with one attached hydrogen (secondary N) is 1. The van der Waals surface area contributed by atoms with E-state index >= 15 is 0 Å². The molecule has 1 aliphatic rings. The SMILES string of the molecule is c1cc2n(c1)-c1nonc1CNC2. The van der Waals surface area contributed by atoms with E-state index in [4.69, 9.17) is 0 Å². The van der Waals surface area contributed by atoms with Crippen LogP contribution in [0.1, 0.15) is 11.4 Å². The van der Waals surface area contributed by atoms with Crippen molar-refractivity contribution in [1.29, 1.82) is 0 Å². The summed E-state index contributed by atoms with van der Waals surface area (Å²) in [5.74, 6) is 0.796. The lowest BCUT2D eigenvalue weighted by Crippen LogP contribution is -2.10. The van der Waals surface area contributed by atoms with Crippen LogP contribution in [0, 0.1) is 0 Å². The molecule has 0 spiro atoms. The van der Waals surface area contributed by atoms with Gasteiger partial charge >= 0.3 is 0 Å². The van der Waals surface area contributed by atoms with Gasteiger partial charge in [0.25, 0.3) is 0 Å². The van der Waals surface area contributed by atoms with Crippen LogP contribution in [0.5, 0.6) is 0 Å². The minimum absolute atomic E-state index is 0.709. The Morgan fingerprint density at radius 2 is 2.38 bits per heavy atom. The minimum Gasteiger partial charge on any atom is -0.305 e. The van der Waals surface area contributed by atoms with Crippen molar-refractivity contribution in [3.8, 4) is 5.82 Å². The van der Waals surface area contributed by atoms with Gasteiger partial charge in [0.15, 0.2) is 0 Å². The highest BCUT2D eigenvalue weighted by molar-refractivity contribution is 5.32. The third kappa shape index (κ3) is 0.905. The summed E-state index contributed by atoms with van der Waals surface area (Å²) < 4.78 is 6.68. The smallest absolute Gasteiger partial charge is 0.206 e. The average Bonchev–Trinajstić information content (AvgIpc) is 2.72. The number of rotatable bonds is 0. The molecule has 0 aliphatic carbocycles. The van der Waals surface area contributed by atoms with E-state index in [2.05, 4.69) is 26.3 Å². The molecule has 66 valence electrons. The largest absolute Gasteiger partial charge is 0.305 e. The molecule has 0 unspecified atom stereocenters. The van der Waals surface area contributed by atoms with Crippen LogP contribution in [0.2, 0.25) is 0 Å². The molecule has 0 fully saturated rings. The van der Waals surface area contributed by atoms with Gasteiger partial charge in [-0.2, -0.15) is 0 Å². The van der Waals surface area contributed by atoms with Crippen molar-refractivity contribution in [2.45, 2.75) is 13.1 Å². The van der Waals surface area contributed by atoms with Gasteiger partial charge in [-0.3, -0.25) is 4.57 Å². The predicted molar refractivity (Wildman–Crippen MR) is 44.2 cm³/mol. The summed E-state index contributed by atoms with van der Waals surface area (Å²) >= 11 is 0. The maximum Gasteiger partial charge on any atom is 0.206 e. The van der Waals surface area contributed by atoms with E-state index in [0.717, 1.165) is 18.1 Å². The molecular weight excluding hydrogens is 168 g/mol. The Balaban J connectivity index is 2.27. The molecule has 0 aromatic carbocycles. The summed E-state index contributed by atoms with van der Waals surface area (Å²) in [4.78, 5) is 0. The van der Waals surface area contributed by atoms with Gasteiger partial charge in [-0.15, -0.1) is 0 Å². The second kappa shape index (κ2) is 2.43. The fourth-order valence-corrected chi connectivity index (χ4v) is 1.57. The van der Waals surface area contributed by atoms with Crippen molar-refractivity contribution in [2.24, 2.45) is 0 Å². The molecule has 0 saturated carbocycles. The van der Waals surface area contributed by atoms with Gasteiger partial charge in [0.1, 0.15) is 5.69 Å². The van der Waals surface area contributed by atoms with Crippen LogP contribution >= 0.6 is 0 Å². The number of aromatic nitrogens is 3. The van der Waals surface area contributed by atoms with Crippen LogP contribution < -0.4 is 5.32 Å². The highest BCUT2D eigenvalue weighted by Crippen LogP contribution is 2.16. The van der Waals surface area contributed by atoms with E-state index in [-0.39, 0.29) is 0 Å². The third-order valence-corrected chi connectivity index (χ3v) is 2.20. The van der Waals surface area contributed by atoms with E-state index in [0.29, 0.717) is 6.54 Å². The van der Waals surface area contributed by atoms with Crippen molar-refractivity contribution in [3.05, 3.63) is 29.7 Å². The van der Waals surface area contributed by atoms with Crippen LogP contribution in [-0.4, -0.2) is 14.9 Å². The monoisotopic (exact) mass is 176 g/mol. The van der Waals surface area contributed by atoms with E-state index in [1.165, 1.54) is 5.69 Å². The number of hydrogen-bond acceptors (Lipinski definition) is 4. The fraction of sp³-hybridized carbons (Fsp3) is 0.250. The minimum atomic E-state index is 0.709. The molecule has 2 aromatic rings. The summed E-state index contributed by atoms with van der Waals surface area (Å²) in [6.45, 7) is 1.55. The fourth-order valence-electron chi connectivity index (χ4n) is 1.57. The highest BCUT2D eigenvalue weighted by Gasteiger charge is 2.17.